The summed E-state index contributed by atoms with van der Waals surface area (Å²) in [5.41, 5.74) is 2.15. The summed E-state index contributed by atoms with van der Waals surface area (Å²) >= 11 is 6.72. The number of halogens is 2. The van der Waals surface area contributed by atoms with E-state index in [1.54, 1.807) is 0 Å². The molecule has 0 saturated carbocycles. The maximum Gasteiger partial charge on any atom is 0.341 e. The number of benzene rings is 1. The summed E-state index contributed by atoms with van der Waals surface area (Å²) in [7, 11) is 0. The lowest BCUT2D eigenvalue weighted by molar-refractivity contribution is -0.139. The van der Waals surface area contributed by atoms with E-state index in [4.69, 9.17) is 9.84 Å². The Morgan fingerprint density at radius 3 is 2.60 bits per heavy atom. The predicted octanol–water partition coefficient (Wildman–Crippen LogP) is 3.29. The molecule has 0 fully saturated rings. The van der Waals surface area contributed by atoms with Crippen molar-refractivity contribution >= 4 is 37.8 Å². The molecule has 1 N–H and O–H groups in total. The molecule has 0 aliphatic rings. The van der Waals surface area contributed by atoms with Crippen LogP contribution in [0.4, 0.5) is 0 Å². The smallest absolute Gasteiger partial charge is 0.341 e. The Balaban J connectivity index is 3.07. The van der Waals surface area contributed by atoms with Gasteiger partial charge in [-0.15, -0.1) is 0 Å². The van der Waals surface area contributed by atoms with E-state index in [1.165, 1.54) is 0 Å². The topological polar surface area (TPSA) is 46.5 Å². The van der Waals surface area contributed by atoms with Crippen molar-refractivity contribution in [3.63, 3.8) is 0 Å². The number of ether oxygens (including phenoxy) is 1. The molecular formula is C10H10Br2O3. The highest BCUT2D eigenvalue weighted by atomic mass is 79.9. The number of carboxylic acids is 1. The molecule has 1 aromatic rings. The summed E-state index contributed by atoms with van der Waals surface area (Å²) in [5, 5.41) is 8.52. The molecule has 0 aromatic heterocycles. The van der Waals surface area contributed by atoms with Crippen LogP contribution in [0.1, 0.15) is 11.1 Å². The predicted molar refractivity (Wildman–Crippen MR) is 64.4 cm³/mol. The quantitative estimate of drug-likeness (QED) is 0.920. The Bertz CT molecular complexity index is 402. The Labute approximate surface area is 105 Å². The van der Waals surface area contributed by atoms with Crippen LogP contribution >= 0.6 is 31.9 Å². The van der Waals surface area contributed by atoms with Crippen LogP contribution in [0.3, 0.4) is 0 Å². The lowest BCUT2D eigenvalue weighted by Gasteiger charge is -2.12. The van der Waals surface area contributed by atoms with Gasteiger partial charge < -0.3 is 9.84 Å². The second-order valence-electron chi connectivity index (χ2n) is 3.13. The summed E-state index contributed by atoms with van der Waals surface area (Å²) < 4.78 is 6.71. The molecule has 0 radical (unpaired) electrons. The molecule has 0 bridgehead atoms. The van der Waals surface area contributed by atoms with Gasteiger partial charge in [0.05, 0.1) is 8.95 Å². The van der Waals surface area contributed by atoms with Crippen LogP contribution in [-0.4, -0.2) is 17.7 Å². The van der Waals surface area contributed by atoms with Crippen LogP contribution in [-0.2, 0) is 4.79 Å². The van der Waals surface area contributed by atoms with Crippen molar-refractivity contribution < 1.29 is 14.6 Å². The first kappa shape index (κ1) is 12.5. The molecule has 0 aliphatic carbocycles. The van der Waals surface area contributed by atoms with E-state index in [2.05, 4.69) is 31.9 Å². The molecule has 1 aromatic carbocycles. The van der Waals surface area contributed by atoms with Crippen LogP contribution in [0.2, 0.25) is 0 Å². The van der Waals surface area contributed by atoms with Gasteiger partial charge >= 0.3 is 5.97 Å². The second-order valence-corrected chi connectivity index (χ2v) is 4.77. The van der Waals surface area contributed by atoms with Gasteiger partial charge in [0.2, 0.25) is 0 Å². The first-order valence-electron chi connectivity index (χ1n) is 4.23. The fraction of sp³-hybridized carbons (Fsp3) is 0.300. The molecule has 0 amide bonds. The van der Waals surface area contributed by atoms with Crippen molar-refractivity contribution in [2.75, 3.05) is 6.61 Å². The van der Waals surface area contributed by atoms with Gasteiger partial charge in [0.1, 0.15) is 5.75 Å². The Kier molecular flexibility index (Phi) is 4.16. The van der Waals surface area contributed by atoms with Gasteiger partial charge in [0, 0.05) is 0 Å². The van der Waals surface area contributed by atoms with Crippen LogP contribution < -0.4 is 4.74 Å². The largest absolute Gasteiger partial charge is 0.480 e. The summed E-state index contributed by atoms with van der Waals surface area (Å²) in [6.07, 6.45) is 0. The van der Waals surface area contributed by atoms with E-state index >= 15 is 0 Å². The average Bonchev–Trinajstić information content (AvgIpc) is 2.14. The van der Waals surface area contributed by atoms with E-state index < -0.39 is 5.97 Å². The maximum atomic E-state index is 10.4. The van der Waals surface area contributed by atoms with Gasteiger partial charge in [-0.25, -0.2) is 4.79 Å². The van der Waals surface area contributed by atoms with Crippen LogP contribution in [0.5, 0.6) is 5.75 Å². The minimum Gasteiger partial charge on any atom is -0.480 e. The standard InChI is InChI=1S/C10H10Br2O3/c1-5-3-7(11)10(9(12)6(5)2)15-4-8(13)14/h3H,4H2,1-2H3,(H,13,14). The third kappa shape index (κ3) is 2.95. The normalized spacial score (nSPS) is 10.1. The van der Waals surface area contributed by atoms with Crippen molar-refractivity contribution in [2.45, 2.75) is 13.8 Å². The number of aryl methyl sites for hydroxylation is 1. The Morgan fingerprint density at radius 1 is 1.47 bits per heavy atom. The third-order valence-electron chi connectivity index (χ3n) is 2.02. The van der Waals surface area contributed by atoms with Gasteiger partial charge in [-0.3, -0.25) is 0 Å². The van der Waals surface area contributed by atoms with Gasteiger partial charge in [-0.1, -0.05) is 0 Å². The molecule has 0 aliphatic heterocycles. The zero-order valence-electron chi connectivity index (χ0n) is 8.30. The van der Waals surface area contributed by atoms with E-state index in [9.17, 15) is 4.79 Å². The minimum atomic E-state index is -0.993. The number of rotatable bonds is 3. The minimum absolute atomic E-state index is 0.348. The highest BCUT2D eigenvalue weighted by Gasteiger charge is 2.12. The molecule has 15 heavy (non-hydrogen) atoms. The molecule has 0 unspecified atom stereocenters. The SMILES string of the molecule is Cc1cc(Br)c(OCC(=O)O)c(Br)c1C. The lowest BCUT2D eigenvalue weighted by Crippen LogP contribution is -2.10. The van der Waals surface area contributed by atoms with Crippen LogP contribution in [0, 0.1) is 13.8 Å². The number of carboxylic acid groups (broad SMARTS) is 1. The van der Waals surface area contributed by atoms with Gasteiger partial charge in [0.25, 0.3) is 0 Å². The van der Waals surface area contributed by atoms with Gasteiger partial charge in [0.15, 0.2) is 6.61 Å². The fourth-order valence-corrected chi connectivity index (χ4v) is 2.64. The summed E-state index contributed by atoms with van der Waals surface area (Å²) in [6.45, 7) is 3.57. The molecule has 1 rings (SSSR count). The molecule has 0 saturated heterocycles. The summed E-state index contributed by atoms with van der Waals surface area (Å²) in [4.78, 5) is 10.4. The summed E-state index contributed by atoms with van der Waals surface area (Å²) in [5.74, 6) is -0.465. The average molecular weight is 338 g/mol. The number of hydrogen-bond donors (Lipinski definition) is 1. The fourth-order valence-electron chi connectivity index (χ4n) is 1.08. The van der Waals surface area contributed by atoms with Crippen LogP contribution in [0.15, 0.2) is 15.0 Å². The monoisotopic (exact) mass is 336 g/mol. The Morgan fingerprint density at radius 2 is 2.07 bits per heavy atom. The van der Waals surface area contributed by atoms with E-state index in [0.717, 1.165) is 20.1 Å². The van der Waals surface area contributed by atoms with E-state index in [0.29, 0.717) is 5.75 Å². The maximum absolute atomic E-state index is 10.4. The van der Waals surface area contributed by atoms with Crippen LogP contribution in [0.25, 0.3) is 0 Å². The molecule has 0 heterocycles. The van der Waals surface area contributed by atoms with Crippen molar-refractivity contribution in [1.82, 2.24) is 0 Å². The molecule has 0 spiro atoms. The van der Waals surface area contributed by atoms with E-state index in [-0.39, 0.29) is 6.61 Å². The zero-order valence-corrected chi connectivity index (χ0v) is 11.5. The van der Waals surface area contributed by atoms with Crippen molar-refractivity contribution in [3.05, 3.63) is 26.1 Å². The second kappa shape index (κ2) is 4.99. The molecule has 0 atom stereocenters. The van der Waals surface area contributed by atoms with Gasteiger partial charge in [-0.05, 0) is 62.9 Å². The van der Waals surface area contributed by atoms with Crippen molar-refractivity contribution in [1.29, 1.82) is 0 Å². The third-order valence-corrected chi connectivity index (χ3v) is 3.56. The lowest BCUT2D eigenvalue weighted by atomic mass is 10.1. The van der Waals surface area contributed by atoms with Crippen molar-refractivity contribution in [3.8, 4) is 5.75 Å². The first-order valence-corrected chi connectivity index (χ1v) is 5.82. The van der Waals surface area contributed by atoms with Gasteiger partial charge in [-0.2, -0.15) is 0 Å². The molecule has 3 nitrogen and oxygen atoms in total. The highest BCUT2D eigenvalue weighted by Crippen LogP contribution is 2.37. The number of hydrogen-bond acceptors (Lipinski definition) is 2. The first-order chi connectivity index (χ1) is 6.93. The molecule has 82 valence electrons. The highest BCUT2D eigenvalue weighted by molar-refractivity contribution is 9.11. The zero-order chi connectivity index (χ0) is 11.6. The number of carbonyl (C=O) groups is 1. The van der Waals surface area contributed by atoms with Crippen molar-refractivity contribution in [2.24, 2.45) is 0 Å². The molecule has 5 heteroatoms. The Hall–Kier alpha value is -0.550. The van der Waals surface area contributed by atoms with E-state index in [1.807, 2.05) is 19.9 Å². The molecular weight excluding hydrogens is 328 g/mol. The number of aliphatic carboxylic acids is 1. The summed E-state index contributed by atoms with van der Waals surface area (Å²) in [6, 6.07) is 1.90.